The van der Waals surface area contributed by atoms with Gasteiger partial charge in [-0.2, -0.15) is 39.5 Å². The molecule has 0 aromatic carbocycles. The smallest absolute Gasteiger partial charge is 0.261 e. The highest BCUT2D eigenvalue weighted by Crippen LogP contribution is 2.50. The number of ether oxygens (including phenoxy) is 1. The van der Waals surface area contributed by atoms with E-state index in [0.29, 0.717) is 0 Å². The Morgan fingerprint density at radius 3 is 1.24 bits per heavy atom. The molecule has 0 aliphatic carbocycles. The van der Waals surface area contributed by atoms with Crippen molar-refractivity contribution in [2.24, 2.45) is 0 Å². The first kappa shape index (κ1) is 16.0. The van der Waals surface area contributed by atoms with Crippen LogP contribution in [0, 0.1) is 0 Å². The fraction of sp³-hybridized carbons (Fsp3) is 0.667. The van der Waals surface area contributed by atoms with Crippen molar-refractivity contribution in [3.05, 3.63) is 12.4 Å². The zero-order valence-electron chi connectivity index (χ0n) is 7.39. The molecule has 11 heteroatoms. The highest BCUT2D eigenvalue weighted by atomic mass is 19.4. The normalized spacial score (nSPS) is 14.9. The topological polar surface area (TPSA) is 9.23 Å². The second-order valence-corrected chi connectivity index (χ2v) is 2.61. The Morgan fingerprint density at radius 2 is 1.06 bits per heavy atom. The maximum atomic E-state index is 12.5. The lowest BCUT2D eigenvalue weighted by molar-refractivity contribution is -0.475. The average molecular weight is 280 g/mol. The molecule has 1 nitrogen and oxygen atoms in total. The van der Waals surface area contributed by atoms with Crippen molar-refractivity contribution >= 4 is 0 Å². The van der Waals surface area contributed by atoms with Gasteiger partial charge in [-0.1, -0.05) is 6.58 Å². The summed E-state index contributed by atoms with van der Waals surface area (Å²) in [4.78, 5) is 0. The SMILES string of the molecule is C=C(F)C(F)(F)OC(F)(C(F)(F)F)C(F)(F)F. The summed E-state index contributed by atoms with van der Waals surface area (Å²) in [5.41, 5.74) is 0. The Kier molecular flexibility index (Phi) is 3.80. The average Bonchev–Trinajstić information content (AvgIpc) is 1.98. The molecule has 0 aromatic heterocycles. The molecule has 0 bridgehead atoms. The minimum Gasteiger partial charge on any atom is -0.261 e. The molecule has 0 N–H and O–H groups in total. The van der Waals surface area contributed by atoms with E-state index in [-0.39, 0.29) is 0 Å². The predicted octanol–water partition coefficient (Wildman–Crippen LogP) is 3.87. The Bertz CT molecular complexity index is 285. The first-order valence-electron chi connectivity index (χ1n) is 3.40. The number of alkyl halides is 9. The van der Waals surface area contributed by atoms with Crippen molar-refractivity contribution in [2.45, 2.75) is 24.3 Å². The summed E-state index contributed by atoms with van der Waals surface area (Å²) in [5, 5.41) is 0. The van der Waals surface area contributed by atoms with Crippen LogP contribution in [0.15, 0.2) is 12.4 Å². The van der Waals surface area contributed by atoms with E-state index in [1.807, 2.05) is 4.74 Å². The standard InChI is InChI=1S/C6H2F10O/c1-2(7)3(8,9)17-4(10,5(11,12)13)6(14,15)16/h1H2. The third kappa shape index (κ3) is 3.01. The maximum absolute atomic E-state index is 12.5. The van der Waals surface area contributed by atoms with Gasteiger partial charge in [0.2, 0.25) is 0 Å². The second-order valence-electron chi connectivity index (χ2n) is 2.61. The molecule has 0 rings (SSSR count). The molecule has 0 fully saturated rings. The van der Waals surface area contributed by atoms with E-state index in [0.717, 1.165) is 0 Å². The Morgan fingerprint density at radius 1 is 0.765 bits per heavy atom. The van der Waals surface area contributed by atoms with Crippen molar-refractivity contribution in [1.29, 1.82) is 0 Å². The van der Waals surface area contributed by atoms with Gasteiger partial charge in [-0.05, 0) is 0 Å². The number of halogens is 10. The molecular formula is C6H2F10O. The van der Waals surface area contributed by atoms with Gasteiger partial charge >= 0.3 is 24.3 Å². The van der Waals surface area contributed by atoms with E-state index < -0.39 is 30.1 Å². The van der Waals surface area contributed by atoms with Crippen LogP contribution in [0.4, 0.5) is 43.9 Å². The van der Waals surface area contributed by atoms with E-state index in [1.54, 1.807) is 6.58 Å². The van der Waals surface area contributed by atoms with Gasteiger partial charge in [0.05, 0.1) is 0 Å². The fourth-order valence-corrected chi connectivity index (χ4v) is 0.508. The molecule has 0 aliphatic rings. The maximum Gasteiger partial charge on any atom is 0.458 e. The number of rotatable bonds is 3. The minimum atomic E-state index is -6.87. The van der Waals surface area contributed by atoms with E-state index in [4.69, 9.17) is 0 Å². The molecule has 0 amide bonds. The van der Waals surface area contributed by atoms with Crippen LogP contribution in [-0.2, 0) is 4.74 Å². The summed E-state index contributed by atoms with van der Waals surface area (Å²) < 4.78 is 121. The number of hydrogen-bond donors (Lipinski definition) is 0. The predicted molar refractivity (Wildman–Crippen MR) is 32.2 cm³/mol. The molecule has 0 saturated carbocycles. The Hall–Kier alpha value is -1.00. The van der Waals surface area contributed by atoms with Crippen LogP contribution >= 0.6 is 0 Å². The number of hydrogen-bond acceptors (Lipinski definition) is 1. The molecule has 0 atom stereocenters. The van der Waals surface area contributed by atoms with Crippen LogP contribution in [0.3, 0.4) is 0 Å². The van der Waals surface area contributed by atoms with Gasteiger partial charge in [0.25, 0.3) is 0 Å². The van der Waals surface area contributed by atoms with Crippen LogP contribution in [-0.4, -0.2) is 24.3 Å². The van der Waals surface area contributed by atoms with Gasteiger partial charge in [0.1, 0.15) is 0 Å². The van der Waals surface area contributed by atoms with Gasteiger partial charge in [0.15, 0.2) is 5.83 Å². The van der Waals surface area contributed by atoms with Crippen LogP contribution in [0.25, 0.3) is 0 Å². The van der Waals surface area contributed by atoms with Crippen molar-refractivity contribution in [2.75, 3.05) is 0 Å². The molecule has 0 aliphatic heterocycles. The largest absolute Gasteiger partial charge is 0.458 e. The zero-order chi connectivity index (χ0) is 14.3. The van der Waals surface area contributed by atoms with Crippen LogP contribution in [0.5, 0.6) is 0 Å². The lowest BCUT2D eigenvalue weighted by Gasteiger charge is -2.31. The van der Waals surface area contributed by atoms with E-state index >= 15 is 0 Å². The Balaban J connectivity index is 5.49. The van der Waals surface area contributed by atoms with Crippen molar-refractivity contribution in [3.8, 4) is 0 Å². The molecule has 0 saturated heterocycles. The van der Waals surface area contributed by atoms with Crippen molar-refractivity contribution in [1.82, 2.24) is 0 Å². The highest BCUT2D eigenvalue weighted by Gasteiger charge is 2.77. The quantitative estimate of drug-likeness (QED) is 0.713. The summed E-state index contributed by atoms with van der Waals surface area (Å²) in [5.74, 6) is -9.72. The van der Waals surface area contributed by atoms with E-state index in [2.05, 4.69) is 0 Å². The lowest BCUT2D eigenvalue weighted by atomic mass is 10.3. The zero-order valence-corrected chi connectivity index (χ0v) is 7.39. The second kappa shape index (κ2) is 4.03. The fourth-order valence-electron chi connectivity index (χ4n) is 0.508. The summed E-state index contributed by atoms with van der Waals surface area (Å²) in [6.07, 6.45) is -19.5. The lowest BCUT2D eigenvalue weighted by Crippen LogP contribution is -2.58. The molecule has 0 heterocycles. The summed E-state index contributed by atoms with van der Waals surface area (Å²) >= 11 is 0. The molecule has 102 valence electrons. The highest BCUT2D eigenvalue weighted by molar-refractivity contribution is 4.95. The monoisotopic (exact) mass is 280 g/mol. The molecule has 0 unspecified atom stereocenters. The first-order chi connectivity index (χ1) is 7.15. The summed E-state index contributed by atoms with van der Waals surface area (Å²) in [6.45, 7) is 1.73. The first-order valence-corrected chi connectivity index (χ1v) is 3.40. The van der Waals surface area contributed by atoms with Crippen molar-refractivity contribution in [3.63, 3.8) is 0 Å². The van der Waals surface area contributed by atoms with Crippen molar-refractivity contribution < 1.29 is 48.6 Å². The van der Waals surface area contributed by atoms with Gasteiger partial charge in [-0.3, -0.25) is 4.74 Å². The van der Waals surface area contributed by atoms with E-state index in [9.17, 15) is 43.9 Å². The molecule has 0 aromatic rings. The summed E-state index contributed by atoms with van der Waals surface area (Å²) in [6, 6.07) is 0. The molecule has 0 radical (unpaired) electrons. The minimum absolute atomic E-state index is 1.73. The van der Waals surface area contributed by atoms with Gasteiger partial charge < -0.3 is 0 Å². The van der Waals surface area contributed by atoms with Gasteiger partial charge in [-0.15, -0.1) is 0 Å². The molecule has 17 heavy (non-hydrogen) atoms. The van der Waals surface area contributed by atoms with Crippen LogP contribution < -0.4 is 0 Å². The third-order valence-electron chi connectivity index (χ3n) is 1.31. The van der Waals surface area contributed by atoms with Gasteiger partial charge in [0, 0.05) is 0 Å². The van der Waals surface area contributed by atoms with Crippen LogP contribution in [0.1, 0.15) is 0 Å². The summed E-state index contributed by atoms with van der Waals surface area (Å²) in [7, 11) is 0. The van der Waals surface area contributed by atoms with Crippen LogP contribution in [0.2, 0.25) is 0 Å². The third-order valence-corrected chi connectivity index (χ3v) is 1.31. The Labute approximate surface area is 86.6 Å². The van der Waals surface area contributed by atoms with Gasteiger partial charge in [-0.25, -0.2) is 4.39 Å². The molecular weight excluding hydrogens is 278 g/mol. The molecule has 0 spiro atoms. The van der Waals surface area contributed by atoms with E-state index in [1.165, 1.54) is 0 Å².